The van der Waals surface area contributed by atoms with Crippen molar-refractivity contribution in [1.29, 1.82) is 0 Å². The first-order valence-electron chi connectivity index (χ1n) is 9.00. The molecule has 0 spiro atoms. The van der Waals surface area contributed by atoms with E-state index in [1.54, 1.807) is 30.3 Å². The summed E-state index contributed by atoms with van der Waals surface area (Å²) in [6.45, 7) is 3.68. The number of rotatable bonds is 6. The molecule has 30 heavy (non-hydrogen) atoms. The van der Waals surface area contributed by atoms with Crippen LogP contribution in [0.1, 0.15) is 25.0 Å². The quantitative estimate of drug-likeness (QED) is 0.431. The van der Waals surface area contributed by atoms with Gasteiger partial charge in [0, 0.05) is 12.5 Å². The predicted octanol–water partition coefficient (Wildman–Crippen LogP) is 4.51. The molecule has 0 unspecified atom stereocenters. The van der Waals surface area contributed by atoms with Crippen molar-refractivity contribution >= 4 is 57.4 Å². The van der Waals surface area contributed by atoms with Crippen molar-refractivity contribution < 1.29 is 23.5 Å². The largest absolute Gasteiger partial charge is 0.490 e. The molecule has 0 aromatic heterocycles. The van der Waals surface area contributed by atoms with Crippen molar-refractivity contribution in [3.8, 4) is 11.5 Å². The van der Waals surface area contributed by atoms with Crippen LogP contribution in [0.3, 0.4) is 0 Å². The van der Waals surface area contributed by atoms with Crippen LogP contribution in [0.5, 0.6) is 11.5 Å². The van der Waals surface area contributed by atoms with Crippen LogP contribution in [0.2, 0.25) is 0 Å². The van der Waals surface area contributed by atoms with Crippen LogP contribution in [0.4, 0.5) is 4.39 Å². The minimum Gasteiger partial charge on any atom is -0.490 e. The Bertz CT molecular complexity index is 1060. The maximum absolute atomic E-state index is 13.9. The van der Waals surface area contributed by atoms with Gasteiger partial charge in [0.25, 0.3) is 5.91 Å². The fourth-order valence-electron chi connectivity index (χ4n) is 2.60. The molecule has 0 saturated heterocycles. The molecule has 1 aliphatic rings. The lowest BCUT2D eigenvalue weighted by atomic mass is 10.1. The minimum absolute atomic E-state index is 0.0610. The van der Waals surface area contributed by atoms with Crippen LogP contribution < -0.4 is 14.8 Å². The van der Waals surface area contributed by atoms with Crippen LogP contribution >= 0.6 is 34.4 Å². The zero-order valence-electron chi connectivity index (χ0n) is 16.2. The van der Waals surface area contributed by atoms with E-state index >= 15 is 0 Å². The number of nitrogens with one attached hydrogen (secondary N) is 1. The van der Waals surface area contributed by atoms with Gasteiger partial charge in [-0.25, -0.2) is 4.39 Å². The number of carbonyl (C=O) groups is 2. The highest BCUT2D eigenvalue weighted by atomic mass is 127. The van der Waals surface area contributed by atoms with Gasteiger partial charge in [-0.05, 0) is 71.1 Å². The van der Waals surface area contributed by atoms with Crippen molar-refractivity contribution in [3.05, 3.63) is 61.8 Å². The van der Waals surface area contributed by atoms with Crippen LogP contribution in [-0.2, 0) is 16.2 Å². The molecule has 1 N–H and O–H groups in total. The molecule has 0 fully saturated rings. The van der Waals surface area contributed by atoms with Crippen molar-refractivity contribution in [3.63, 3.8) is 0 Å². The lowest BCUT2D eigenvalue weighted by Gasteiger charge is -2.15. The van der Waals surface area contributed by atoms with Gasteiger partial charge < -0.3 is 14.8 Å². The summed E-state index contributed by atoms with van der Waals surface area (Å²) in [5.41, 5.74) is 1.16. The molecule has 0 aliphatic carbocycles. The molecular formula is C21H18FIN2O4S. The number of amidine groups is 1. The van der Waals surface area contributed by atoms with Gasteiger partial charge in [0.1, 0.15) is 12.4 Å². The van der Waals surface area contributed by atoms with Crippen molar-refractivity contribution in [2.45, 2.75) is 20.5 Å². The third-order valence-corrected chi connectivity index (χ3v) is 5.56. The van der Waals surface area contributed by atoms with Gasteiger partial charge in [-0.3, -0.25) is 9.59 Å². The molecule has 0 atom stereocenters. The number of hydrogen-bond acceptors (Lipinski definition) is 5. The Hall–Kier alpha value is -2.40. The summed E-state index contributed by atoms with van der Waals surface area (Å²) in [7, 11) is 0. The highest BCUT2D eigenvalue weighted by Gasteiger charge is 2.23. The Labute approximate surface area is 191 Å². The van der Waals surface area contributed by atoms with E-state index in [4.69, 9.17) is 9.47 Å². The zero-order chi connectivity index (χ0) is 21.7. The topological polar surface area (TPSA) is 77.0 Å². The Morgan fingerprint density at radius 3 is 2.77 bits per heavy atom. The molecule has 3 rings (SSSR count). The normalized spacial score (nSPS) is 14.6. The first kappa shape index (κ1) is 22.3. The molecule has 2 amide bonds. The van der Waals surface area contributed by atoms with E-state index < -0.39 is 5.91 Å². The monoisotopic (exact) mass is 540 g/mol. The molecule has 0 saturated carbocycles. The molecule has 1 aliphatic heterocycles. The summed E-state index contributed by atoms with van der Waals surface area (Å²) >= 11 is 3.20. The van der Waals surface area contributed by atoms with E-state index in [1.807, 2.05) is 13.0 Å². The van der Waals surface area contributed by atoms with Gasteiger partial charge >= 0.3 is 0 Å². The maximum Gasteiger partial charge on any atom is 0.286 e. The second kappa shape index (κ2) is 10.1. The Balaban J connectivity index is 1.84. The number of ether oxygens (including phenoxy) is 2. The Morgan fingerprint density at radius 2 is 2.07 bits per heavy atom. The minimum atomic E-state index is -0.420. The molecule has 1 heterocycles. The fourth-order valence-corrected chi connectivity index (χ4v) is 4.24. The number of benzene rings is 2. The van der Waals surface area contributed by atoms with Gasteiger partial charge in [-0.2, -0.15) is 4.99 Å². The molecule has 156 valence electrons. The molecular weight excluding hydrogens is 522 g/mol. The van der Waals surface area contributed by atoms with Crippen LogP contribution in [0, 0.1) is 9.39 Å². The second-order valence-corrected chi connectivity index (χ2v) is 8.35. The van der Waals surface area contributed by atoms with Crippen LogP contribution in [0.25, 0.3) is 6.08 Å². The van der Waals surface area contributed by atoms with Crippen molar-refractivity contribution in [2.75, 3.05) is 6.61 Å². The van der Waals surface area contributed by atoms with Crippen LogP contribution in [0.15, 0.2) is 46.3 Å². The van der Waals surface area contributed by atoms with Crippen molar-refractivity contribution in [1.82, 2.24) is 5.32 Å². The number of thioether (sulfide) groups is 1. The van der Waals surface area contributed by atoms with Crippen molar-refractivity contribution in [2.24, 2.45) is 4.99 Å². The van der Waals surface area contributed by atoms with E-state index in [1.165, 1.54) is 13.0 Å². The number of amides is 2. The summed E-state index contributed by atoms with van der Waals surface area (Å²) in [4.78, 5) is 27.5. The summed E-state index contributed by atoms with van der Waals surface area (Å²) in [5, 5.41) is 2.77. The van der Waals surface area contributed by atoms with Gasteiger partial charge in [0.05, 0.1) is 15.1 Å². The lowest BCUT2D eigenvalue weighted by Crippen LogP contribution is -2.23. The molecule has 2 aromatic rings. The number of aliphatic imine (C=N–C) groups is 1. The highest BCUT2D eigenvalue weighted by molar-refractivity contribution is 14.1. The highest BCUT2D eigenvalue weighted by Crippen LogP contribution is 2.37. The van der Waals surface area contributed by atoms with Gasteiger partial charge in [-0.15, -0.1) is 0 Å². The Morgan fingerprint density at radius 1 is 1.30 bits per heavy atom. The van der Waals surface area contributed by atoms with E-state index in [9.17, 15) is 14.0 Å². The first-order chi connectivity index (χ1) is 14.4. The summed E-state index contributed by atoms with van der Waals surface area (Å²) in [5.74, 6) is -0.0514. The van der Waals surface area contributed by atoms with Gasteiger partial charge in [-0.1, -0.05) is 18.2 Å². The SMILES string of the molecule is CCOc1cc(/C=C2\SC(NC(C)=O)=NC2=O)cc(I)c1OCc1ccccc1F. The average molecular weight is 540 g/mol. The Kier molecular flexibility index (Phi) is 7.48. The van der Waals surface area contributed by atoms with E-state index in [0.29, 0.717) is 28.6 Å². The summed E-state index contributed by atoms with van der Waals surface area (Å²) in [6.07, 6.45) is 1.68. The summed E-state index contributed by atoms with van der Waals surface area (Å²) in [6, 6.07) is 10.0. The first-order valence-corrected chi connectivity index (χ1v) is 10.9. The van der Waals surface area contributed by atoms with E-state index in [-0.39, 0.29) is 23.5 Å². The molecule has 0 radical (unpaired) electrons. The fraction of sp³-hybridized carbons (Fsp3) is 0.190. The average Bonchev–Trinajstić information content (AvgIpc) is 3.00. The maximum atomic E-state index is 13.9. The molecule has 6 nitrogen and oxygen atoms in total. The smallest absolute Gasteiger partial charge is 0.286 e. The molecule has 2 aromatic carbocycles. The molecule has 0 bridgehead atoms. The van der Waals surface area contributed by atoms with E-state index in [0.717, 1.165) is 20.9 Å². The third-order valence-electron chi connectivity index (χ3n) is 3.86. The lowest BCUT2D eigenvalue weighted by molar-refractivity contribution is -0.117. The number of halogens is 2. The molecule has 9 heteroatoms. The van der Waals surface area contributed by atoms with Gasteiger partial charge in [0.15, 0.2) is 16.7 Å². The number of hydrogen-bond donors (Lipinski definition) is 1. The third kappa shape index (κ3) is 5.60. The second-order valence-electron chi connectivity index (χ2n) is 6.16. The van der Waals surface area contributed by atoms with E-state index in [2.05, 4.69) is 32.9 Å². The zero-order valence-corrected chi connectivity index (χ0v) is 19.2. The standard InChI is InChI=1S/C21H18FIN2O4S/c1-3-28-17-9-13(10-18-20(27)25-21(30-18)24-12(2)26)8-16(23)19(17)29-11-14-6-4-5-7-15(14)22/h4-10H,3,11H2,1-2H3,(H,24,25,26,27)/b18-10-. The number of carbonyl (C=O) groups excluding carboxylic acids is 2. The summed E-state index contributed by atoms with van der Waals surface area (Å²) < 4.78 is 26.2. The van der Waals surface area contributed by atoms with Crippen LogP contribution in [-0.4, -0.2) is 23.6 Å². The van der Waals surface area contributed by atoms with Gasteiger partial charge in [0.2, 0.25) is 5.91 Å². The predicted molar refractivity (Wildman–Crippen MR) is 123 cm³/mol. The number of nitrogens with zero attached hydrogens (tertiary/aromatic N) is 1.